The summed E-state index contributed by atoms with van der Waals surface area (Å²) in [5, 5.41) is 11.0. The predicted octanol–water partition coefficient (Wildman–Crippen LogP) is 5.00. The highest BCUT2D eigenvalue weighted by Crippen LogP contribution is 2.42. The highest BCUT2D eigenvalue weighted by molar-refractivity contribution is 5.32. The molecule has 2 unspecified atom stereocenters. The Morgan fingerprint density at radius 3 is 1.91 bits per heavy atom. The lowest BCUT2D eigenvalue weighted by molar-refractivity contribution is -0.121. The number of alkyl halides is 2. The number of rotatable bonds is 6. The smallest absolute Gasteiger partial charge is 0.244 e. The quantitative estimate of drug-likeness (QED) is 0.800. The fraction of sp³-hybridized carbons (Fsp3) is 0.667. The average Bonchev–Trinajstić information content (AvgIpc) is 2.37. The minimum Gasteiger partial charge on any atom is -0.488 e. The zero-order valence-corrected chi connectivity index (χ0v) is 14.4. The zero-order chi connectivity index (χ0) is 17.1. The minimum absolute atomic E-state index is 0.215. The van der Waals surface area contributed by atoms with E-state index in [1.165, 1.54) is 0 Å². The van der Waals surface area contributed by atoms with E-state index in [9.17, 15) is 13.9 Å². The topological polar surface area (TPSA) is 29.5 Å². The van der Waals surface area contributed by atoms with Crippen molar-refractivity contribution in [2.24, 2.45) is 11.8 Å². The maximum Gasteiger partial charge on any atom is 0.244 e. The molecule has 1 aromatic carbocycles. The fourth-order valence-corrected chi connectivity index (χ4v) is 2.80. The SMILES string of the molecule is CCC(C(F)F)C(O)(c1ccc(OC(C)(C)C)cc1)C(C)C. The van der Waals surface area contributed by atoms with Crippen LogP contribution in [0.4, 0.5) is 8.78 Å². The Morgan fingerprint density at radius 2 is 1.59 bits per heavy atom. The van der Waals surface area contributed by atoms with Gasteiger partial charge in [0.15, 0.2) is 0 Å². The van der Waals surface area contributed by atoms with Gasteiger partial charge in [0.2, 0.25) is 6.43 Å². The van der Waals surface area contributed by atoms with Crippen LogP contribution in [-0.4, -0.2) is 17.1 Å². The van der Waals surface area contributed by atoms with Gasteiger partial charge in [0.1, 0.15) is 17.0 Å². The molecule has 126 valence electrons. The van der Waals surface area contributed by atoms with Crippen LogP contribution in [0.1, 0.15) is 53.5 Å². The van der Waals surface area contributed by atoms with E-state index in [-0.39, 0.29) is 17.9 Å². The summed E-state index contributed by atoms with van der Waals surface area (Å²) in [6.07, 6.45) is -2.35. The van der Waals surface area contributed by atoms with E-state index in [0.29, 0.717) is 11.3 Å². The fourth-order valence-electron chi connectivity index (χ4n) is 2.80. The van der Waals surface area contributed by atoms with Crippen LogP contribution in [0, 0.1) is 11.8 Å². The molecule has 1 aromatic rings. The molecular weight excluding hydrogens is 286 g/mol. The van der Waals surface area contributed by atoms with Gasteiger partial charge in [-0.05, 0) is 50.8 Å². The van der Waals surface area contributed by atoms with E-state index in [1.54, 1.807) is 45.0 Å². The van der Waals surface area contributed by atoms with Gasteiger partial charge in [0.05, 0.1) is 5.92 Å². The molecule has 0 fully saturated rings. The van der Waals surface area contributed by atoms with Crippen molar-refractivity contribution in [3.8, 4) is 5.75 Å². The van der Waals surface area contributed by atoms with Crippen LogP contribution in [0.3, 0.4) is 0 Å². The number of benzene rings is 1. The Morgan fingerprint density at radius 1 is 1.09 bits per heavy atom. The second kappa shape index (κ2) is 6.95. The maximum absolute atomic E-state index is 13.4. The van der Waals surface area contributed by atoms with Gasteiger partial charge in [-0.25, -0.2) is 8.78 Å². The average molecular weight is 314 g/mol. The Balaban J connectivity index is 3.17. The first kappa shape index (κ1) is 18.9. The van der Waals surface area contributed by atoms with Gasteiger partial charge in [-0.1, -0.05) is 32.9 Å². The Kier molecular flexibility index (Phi) is 5.96. The number of halogens is 2. The predicted molar refractivity (Wildman–Crippen MR) is 85.3 cm³/mol. The van der Waals surface area contributed by atoms with Crippen LogP contribution >= 0.6 is 0 Å². The van der Waals surface area contributed by atoms with Crippen LogP contribution in [0.25, 0.3) is 0 Å². The van der Waals surface area contributed by atoms with Crippen molar-refractivity contribution in [1.29, 1.82) is 0 Å². The van der Waals surface area contributed by atoms with E-state index in [2.05, 4.69) is 0 Å². The third-order valence-corrected chi connectivity index (χ3v) is 3.93. The standard InChI is InChI=1S/C18H28F2O2/c1-7-15(16(19)20)18(21,12(2)3)13-8-10-14(11-9-13)22-17(4,5)6/h8-12,15-16,21H,7H2,1-6H3. The van der Waals surface area contributed by atoms with Crippen LogP contribution in [0.2, 0.25) is 0 Å². The molecule has 2 nitrogen and oxygen atoms in total. The normalized spacial score (nSPS) is 16.7. The van der Waals surface area contributed by atoms with Gasteiger partial charge in [-0.15, -0.1) is 0 Å². The summed E-state index contributed by atoms with van der Waals surface area (Å²) >= 11 is 0. The summed E-state index contributed by atoms with van der Waals surface area (Å²) in [5.41, 5.74) is -1.37. The van der Waals surface area contributed by atoms with Crippen LogP contribution in [0.5, 0.6) is 5.75 Å². The molecule has 0 aliphatic heterocycles. The Hall–Kier alpha value is -1.16. The van der Waals surface area contributed by atoms with E-state index < -0.39 is 17.9 Å². The summed E-state index contributed by atoms with van der Waals surface area (Å²) in [5.74, 6) is -0.754. The molecule has 0 spiro atoms. The molecule has 0 saturated carbocycles. The molecule has 0 aromatic heterocycles. The van der Waals surface area contributed by atoms with E-state index in [1.807, 2.05) is 20.8 Å². The number of ether oxygens (including phenoxy) is 1. The molecule has 0 bridgehead atoms. The van der Waals surface area contributed by atoms with Crippen LogP contribution in [-0.2, 0) is 5.60 Å². The lowest BCUT2D eigenvalue weighted by Gasteiger charge is -2.39. The lowest BCUT2D eigenvalue weighted by atomic mass is 9.72. The highest BCUT2D eigenvalue weighted by atomic mass is 19.3. The first-order valence-electron chi connectivity index (χ1n) is 7.82. The van der Waals surface area contributed by atoms with Crippen molar-refractivity contribution in [2.45, 2.75) is 65.6 Å². The van der Waals surface area contributed by atoms with Gasteiger partial charge < -0.3 is 9.84 Å². The molecule has 0 amide bonds. The number of hydrogen-bond acceptors (Lipinski definition) is 2. The minimum atomic E-state index is -2.57. The molecule has 22 heavy (non-hydrogen) atoms. The van der Waals surface area contributed by atoms with Gasteiger partial charge in [-0.2, -0.15) is 0 Å². The third kappa shape index (κ3) is 4.19. The maximum atomic E-state index is 13.4. The summed E-state index contributed by atoms with van der Waals surface area (Å²) in [4.78, 5) is 0. The molecular formula is C18H28F2O2. The van der Waals surface area contributed by atoms with Crippen molar-refractivity contribution in [1.82, 2.24) is 0 Å². The molecule has 0 aliphatic rings. The second-order valence-corrected chi connectivity index (χ2v) is 7.07. The molecule has 1 N–H and O–H groups in total. The summed E-state index contributed by atoms with van der Waals surface area (Å²) in [6, 6.07) is 6.83. The number of aliphatic hydroxyl groups is 1. The summed E-state index contributed by atoms with van der Waals surface area (Å²) in [7, 11) is 0. The summed E-state index contributed by atoms with van der Waals surface area (Å²) in [6.45, 7) is 11.0. The number of hydrogen-bond donors (Lipinski definition) is 1. The Bertz CT molecular complexity index is 463. The molecule has 0 saturated heterocycles. The molecule has 0 heterocycles. The van der Waals surface area contributed by atoms with Crippen molar-refractivity contribution in [3.05, 3.63) is 29.8 Å². The second-order valence-electron chi connectivity index (χ2n) is 7.07. The monoisotopic (exact) mass is 314 g/mol. The van der Waals surface area contributed by atoms with Crippen molar-refractivity contribution >= 4 is 0 Å². The molecule has 2 atom stereocenters. The van der Waals surface area contributed by atoms with E-state index in [4.69, 9.17) is 4.74 Å². The van der Waals surface area contributed by atoms with E-state index >= 15 is 0 Å². The Labute approximate surface area is 132 Å². The van der Waals surface area contributed by atoms with Gasteiger partial charge in [-0.3, -0.25) is 0 Å². The molecule has 0 aliphatic carbocycles. The summed E-state index contributed by atoms with van der Waals surface area (Å²) < 4.78 is 32.5. The van der Waals surface area contributed by atoms with Crippen molar-refractivity contribution in [2.75, 3.05) is 0 Å². The molecule has 1 rings (SSSR count). The lowest BCUT2D eigenvalue weighted by Crippen LogP contribution is -2.43. The zero-order valence-electron chi connectivity index (χ0n) is 14.4. The van der Waals surface area contributed by atoms with E-state index in [0.717, 1.165) is 0 Å². The first-order chi connectivity index (χ1) is 10.0. The van der Waals surface area contributed by atoms with Gasteiger partial charge in [0, 0.05) is 0 Å². The van der Waals surface area contributed by atoms with Gasteiger partial charge in [0.25, 0.3) is 0 Å². The third-order valence-electron chi connectivity index (χ3n) is 3.93. The largest absolute Gasteiger partial charge is 0.488 e. The highest BCUT2D eigenvalue weighted by Gasteiger charge is 2.45. The van der Waals surface area contributed by atoms with Gasteiger partial charge >= 0.3 is 0 Å². The molecule has 0 radical (unpaired) electrons. The molecule has 4 heteroatoms. The first-order valence-corrected chi connectivity index (χ1v) is 7.82. The van der Waals surface area contributed by atoms with Crippen molar-refractivity contribution in [3.63, 3.8) is 0 Å². The van der Waals surface area contributed by atoms with Crippen LogP contribution in [0.15, 0.2) is 24.3 Å². The van der Waals surface area contributed by atoms with Crippen LogP contribution < -0.4 is 4.74 Å². The van der Waals surface area contributed by atoms with Crippen molar-refractivity contribution < 1.29 is 18.6 Å².